The van der Waals surface area contributed by atoms with Crippen molar-refractivity contribution in [1.82, 2.24) is 19.6 Å². The molecule has 0 saturated carbocycles. The van der Waals surface area contributed by atoms with Crippen LogP contribution in [0.25, 0.3) is 5.52 Å². The molecule has 0 aliphatic carbocycles. The molecule has 1 fully saturated rings. The molecule has 3 aromatic heterocycles. The van der Waals surface area contributed by atoms with Crippen LogP contribution in [0.2, 0.25) is 0 Å². The smallest absolute Gasteiger partial charge is 0.387 e. The summed E-state index contributed by atoms with van der Waals surface area (Å²) in [4.78, 5) is 18.8. The van der Waals surface area contributed by atoms with Crippen LogP contribution >= 0.6 is 7.82 Å². The van der Waals surface area contributed by atoms with Crippen molar-refractivity contribution in [3.05, 3.63) is 53.7 Å². The Bertz CT molecular complexity index is 1560. The number of rotatable bonds is 29. The molecule has 1 aliphatic heterocycles. The van der Waals surface area contributed by atoms with Gasteiger partial charge in [0.25, 0.3) is 0 Å². The van der Waals surface area contributed by atoms with Crippen molar-refractivity contribution >= 4 is 19.2 Å². The summed E-state index contributed by atoms with van der Waals surface area (Å²) in [7, 11) is -4.64. The van der Waals surface area contributed by atoms with Crippen molar-refractivity contribution in [3.8, 4) is 0 Å². The standard InChI is InChI=1S/C40H66N5O9P/c1-4-5-6-7-8-9-10-11-12-13-14-15-16-17-18-19-24-50-27-33(51-26-32-21-20-31(2)42-25-32)28-52-55(48,49)53-29-35-37(46)38(47)40(3,54-35)36-23-22-34-39(41)43-30-44-45(34)36/h20-23,25,30,33,35,37-38,46-47H,4-19,24,26-29H2,1-3H3,(H,48,49)(H2,41,43,44)/t33-,35?,37-,38-,40+/m1/s1. The van der Waals surface area contributed by atoms with Crippen LogP contribution in [-0.4, -0.2) is 85.5 Å². The molecule has 14 nitrogen and oxygen atoms in total. The van der Waals surface area contributed by atoms with Crippen molar-refractivity contribution in [3.63, 3.8) is 0 Å². The molecule has 55 heavy (non-hydrogen) atoms. The van der Waals surface area contributed by atoms with E-state index in [1.165, 1.54) is 101 Å². The Labute approximate surface area is 327 Å². The van der Waals surface area contributed by atoms with Crippen LogP contribution in [0.3, 0.4) is 0 Å². The lowest BCUT2D eigenvalue weighted by Crippen LogP contribution is -2.39. The topological polar surface area (TPSA) is 193 Å². The van der Waals surface area contributed by atoms with E-state index in [1.807, 2.05) is 19.1 Å². The lowest BCUT2D eigenvalue weighted by Gasteiger charge is -2.27. The van der Waals surface area contributed by atoms with Gasteiger partial charge in [-0.15, -0.1) is 0 Å². The van der Waals surface area contributed by atoms with Gasteiger partial charge < -0.3 is 35.1 Å². The van der Waals surface area contributed by atoms with Gasteiger partial charge in [0.15, 0.2) is 5.82 Å². The van der Waals surface area contributed by atoms with Crippen LogP contribution < -0.4 is 5.73 Å². The highest BCUT2D eigenvalue weighted by Crippen LogP contribution is 2.46. The fraction of sp³-hybridized carbons (Fsp3) is 0.725. The summed E-state index contributed by atoms with van der Waals surface area (Å²) in [5.41, 5.74) is 7.16. The molecule has 5 N–H and O–H groups in total. The average molecular weight is 792 g/mol. The van der Waals surface area contributed by atoms with Gasteiger partial charge >= 0.3 is 7.82 Å². The van der Waals surface area contributed by atoms with Gasteiger partial charge in [0.2, 0.25) is 0 Å². The Balaban J connectivity index is 1.15. The molecular weight excluding hydrogens is 725 g/mol. The molecule has 0 aromatic carbocycles. The molecule has 4 heterocycles. The number of aromatic nitrogens is 4. The van der Waals surface area contributed by atoms with E-state index in [2.05, 4.69) is 22.0 Å². The minimum Gasteiger partial charge on any atom is -0.387 e. The maximum absolute atomic E-state index is 13.0. The summed E-state index contributed by atoms with van der Waals surface area (Å²) in [6, 6.07) is 7.13. The molecule has 0 bridgehead atoms. The van der Waals surface area contributed by atoms with Crippen LogP contribution in [0.1, 0.15) is 134 Å². The van der Waals surface area contributed by atoms with E-state index in [-0.39, 0.29) is 25.6 Å². The number of phosphoric acid groups is 1. The average Bonchev–Trinajstić information content (AvgIpc) is 3.71. The number of nitrogens with zero attached hydrogens (tertiary/aromatic N) is 4. The van der Waals surface area contributed by atoms with Gasteiger partial charge in [0.1, 0.15) is 41.9 Å². The Hall–Kier alpha value is -2.52. The molecule has 6 atom stereocenters. The number of pyridine rings is 1. The van der Waals surface area contributed by atoms with Crippen molar-refractivity contribution in [1.29, 1.82) is 0 Å². The van der Waals surface area contributed by atoms with Crippen LogP contribution in [0.5, 0.6) is 0 Å². The summed E-state index contributed by atoms with van der Waals surface area (Å²) < 4.78 is 43.0. The first-order chi connectivity index (χ1) is 26.5. The van der Waals surface area contributed by atoms with E-state index in [0.29, 0.717) is 17.8 Å². The number of nitrogens with two attached hydrogens (primary N) is 1. The first-order valence-corrected chi connectivity index (χ1v) is 21.9. The zero-order chi connectivity index (χ0) is 39.5. The van der Waals surface area contributed by atoms with E-state index in [9.17, 15) is 19.7 Å². The Morgan fingerprint density at radius 1 is 0.891 bits per heavy atom. The first-order valence-electron chi connectivity index (χ1n) is 20.4. The number of hydrogen-bond donors (Lipinski definition) is 4. The number of aryl methyl sites for hydroxylation is 1. The third-order valence-corrected chi connectivity index (χ3v) is 11.3. The molecule has 0 spiro atoms. The highest BCUT2D eigenvalue weighted by Gasteiger charge is 2.54. The molecule has 3 aromatic rings. The van der Waals surface area contributed by atoms with E-state index in [0.717, 1.165) is 24.1 Å². The number of ether oxygens (including phenoxy) is 3. The van der Waals surface area contributed by atoms with E-state index in [1.54, 1.807) is 25.3 Å². The molecular formula is C40H66N5O9P. The highest BCUT2D eigenvalue weighted by molar-refractivity contribution is 7.47. The van der Waals surface area contributed by atoms with Gasteiger partial charge in [0.05, 0.1) is 32.1 Å². The number of aliphatic hydroxyl groups excluding tert-OH is 2. The molecule has 310 valence electrons. The van der Waals surface area contributed by atoms with Crippen LogP contribution in [0.15, 0.2) is 36.8 Å². The molecule has 2 unspecified atom stereocenters. The maximum Gasteiger partial charge on any atom is 0.472 e. The van der Waals surface area contributed by atoms with E-state index >= 15 is 0 Å². The van der Waals surface area contributed by atoms with Gasteiger partial charge in [-0.25, -0.2) is 14.1 Å². The van der Waals surface area contributed by atoms with Gasteiger partial charge in [0, 0.05) is 18.5 Å². The predicted octanol–water partition coefficient (Wildman–Crippen LogP) is 7.35. The number of phosphoric ester groups is 1. The minimum absolute atomic E-state index is 0.159. The van der Waals surface area contributed by atoms with Crippen LogP contribution in [0, 0.1) is 6.92 Å². The van der Waals surface area contributed by atoms with Crippen molar-refractivity contribution in [2.45, 2.75) is 160 Å². The highest BCUT2D eigenvalue weighted by atomic mass is 31.2. The SMILES string of the molecule is CCCCCCCCCCCCCCCCCCOC[C@H](COP(=O)(O)OCC1O[C@@](C)(c2ccc3c(N)ncnn23)[C@H](O)[C@@H]1O)OCc1ccc(C)nc1. The quantitative estimate of drug-likeness (QED) is 0.0403. The van der Waals surface area contributed by atoms with Crippen LogP contribution in [0.4, 0.5) is 5.82 Å². The van der Waals surface area contributed by atoms with Gasteiger partial charge in [-0.3, -0.25) is 14.0 Å². The molecule has 0 radical (unpaired) electrons. The van der Waals surface area contributed by atoms with Gasteiger partial charge in [-0.2, -0.15) is 5.10 Å². The van der Waals surface area contributed by atoms with Gasteiger partial charge in [-0.05, 0) is 44.0 Å². The van der Waals surface area contributed by atoms with E-state index in [4.69, 9.17) is 29.0 Å². The van der Waals surface area contributed by atoms with Gasteiger partial charge in [-0.1, -0.05) is 109 Å². The maximum atomic E-state index is 13.0. The second-order valence-corrected chi connectivity index (χ2v) is 16.5. The molecule has 1 saturated heterocycles. The zero-order valence-corrected chi connectivity index (χ0v) is 34.1. The molecule has 4 rings (SSSR count). The number of fused-ring (bicyclic) bond motifs is 1. The third-order valence-electron chi connectivity index (χ3n) is 10.4. The summed E-state index contributed by atoms with van der Waals surface area (Å²) in [6.45, 7) is 5.86. The third kappa shape index (κ3) is 14.7. The lowest BCUT2D eigenvalue weighted by atomic mass is 9.93. The fourth-order valence-corrected chi connectivity index (χ4v) is 7.71. The number of anilines is 1. The van der Waals surface area contributed by atoms with E-state index < -0.39 is 44.4 Å². The van der Waals surface area contributed by atoms with Crippen molar-refractivity contribution in [2.24, 2.45) is 0 Å². The lowest BCUT2D eigenvalue weighted by molar-refractivity contribution is -0.0901. The molecule has 1 aliphatic rings. The normalized spacial score (nSPS) is 21.7. The number of unbranched alkanes of at least 4 members (excludes halogenated alkanes) is 15. The van der Waals surface area contributed by atoms with Crippen LogP contribution in [-0.2, 0) is 40.0 Å². The minimum atomic E-state index is -4.64. The molecule has 0 amide bonds. The number of nitrogen functional groups attached to an aromatic ring is 1. The second-order valence-electron chi connectivity index (χ2n) is 15.0. The largest absolute Gasteiger partial charge is 0.472 e. The Morgan fingerprint density at radius 2 is 1.53 bits per heavy atom. The monoisotopic (exact) mass is 791 g/mol. The summed E-state index contributed by atoms with van der Waals surface area (Å²) >= 11 is 0. The summed E-state index contributed by atoms with van der Waals surface area (Å²) in [5.74, 6) is 0.236. The number of aliphatic hydroxyl groups is 2. The second kappa shape index (κ2) is 23.6. The van der Waals surface area contributed by atoms with Crippen molar-refractivity contribution < 1.29 is 42.9 Å². The number of hydrogen-bond acceptors (Lipinski definition) is 12. The predicted molar refractivity (Wildman–Crippen MR) is 211 cm³/mol. The molecule has 15 heteroatoms. The van der Waals surface area contributed by atoms with Crippen molar-refractivity contribution in [2.75, 3.05) is 32.2 Å². The Morgan fingerprint density at radius 3 is 2.15 bits per heavy atom. The Kier molecular flexibility index (Phi) is 19.4. The summed E-state index contributed by atoms with van der Waals surface area (Å²) in [6.07, 6.45) is 19.1. The first kappa shape index (κ1) is 45.2. The fourth-order valence-electron chi connectivity index (χ4n) is 6.95. The summed E-state index contributed by atoms with van der Waals surface area (Å²) in [5, 5.41) is 26.0. The zero-order valence-electron chi connectivity index (χ0n) is 33.2.